The molecule has 0 amide bonds. The van der Waals surface area contributed by atoms with E-state index in [1.54, 1.807) is 0 Å². The average molecular weight is 281 g/mol. The van der Waals surface area contributed by atoms with Crippen molar-refractivity contribution < 1.29 is 5.11 Å². The summed E-state index contributed by atoms with van der Waals surface area (Å²) in [6.45, 7) is 4.50. The van der Waals surface area contributed by atoms with Gasteiger partial charge in [-0.1, -0.05) is 0 Å². The first-order valence-electron chi connectivity index (χ1n) is 7.48. The van der Waals surface area contributed by atoms with Gasteiger partial charge in [0.05, 0.1) is 0 Å². The second-order valence-electron chi connectivity index (χ2n) is 5.99. The molecule has 1 N–H and O–H groups in total. The molecular formula is C14H27N5O. The molecule has 0 bridgehead atoms. The monoisotopic (exact) mass is 281 g/mol. The quantitative estimate of drug-likeness (QED) is 0.820. The molecule has 1 aliphatic rings. The van der Waals surface area contributed by atoms with Crippen LogP contribution < -0.4 is 0 Å². The zero-order valence-corrected chi connectivity index (χ0v) is 12.9. The van der Waals surface area contributed by atoms with E-state index in [1.807, 2.05) is 11.6 Å². The molecule has 1 atom stereocenters. The Morgan fingerprint density at radius 1 is 1.35 bits per heavy atom. The van der Waals surface area contributed by atoms with Gasteiger partial charge in [0.15, 0.2) is 5.82 Å². The summed E-state index contributed by atoms with van der Waals surface area (Å²) in [7, 11) is 6.19. The zero-order chi connectivity index (χ0) is 14.5. The molecule has 0 aromatic carbocycles. The molecule has 1 unspecified atom stereocenters. The first-order valence-corrected chi connectivity index (χ1v) is 7.48. The van der Waals surface area contributed by atoms with E-state index >= 15 is 0 Å². The standard InChI is InChI=1S/C14H27N5O/c1-17(2)7-5-9-19-8-4-6-12(10-19)14-16-15-13(11-20)18(14)3/h12,20H,4-11H2,1-3H3. The first-order chi connectivity index (χ1) is 9.61. The third-order valence-electron chi connectivity index (χ3n) is 4.09. The van der Waals surface area contributed by atoms with Crippen LogP contribution >= 0.6 is 0 Å². The molecule has 0 radical (unpaired) electrons. The van der Waals surface area contributed by atoms with Crippen LogP contribution in [-0.2, 0) is 13.7 Å². The third kappa shape index (κ3) is 3.77. The van der Waals surface area contributed by atoms with Gasteiger partial charge in [-0.2, -0.15) is 0 Å². The largest absolute Gasteiger partial charge is 0.388 e. The number of nitrogens with zero attached hydrogens (tertiary/aromatic N) is 5. The molecule has 6 nitrogen and oxygen atoms in total. The van der Waals surface area contributed by atoms with Crippen LogP contribution in [0.3, 0.4) is 0 Å². The number of piperidine rings is 1. The van der Waals surface area contributed by atoms with Gasteiger partial charge in [-0.15, -0.1) is 10.2 Å². The lowest BCUT2D eigenvalue weighted by Gasteiger charge is -2.32. The SMILES string of the molecule is CN(C)CCCN1CCCC(c2nnc(CO)n2C)C1. The van der Waals surface area contributed by atoms with E-state index in [2.05, 4.69) is 34.1 Å². The van der Waals surface area contributed by atoms with Gasteiger partial charge in [0.1, 0.15) is 12.4 Å². The number of likely N-dealkylation sites (tertiary alicyclic amines) is 1. The number of rotatable bonds is 6. The maximum atomic E-state index is 9.21. The number of hydrogen-bond acceptors (Lipinski definition) is 5. The molecule has 2 rings (SSSR count). The fourth-order valence-electron chi connectivity index (χ4n) is 2.95. The Hall–Kier alpha value is -0.980. The Balaban J connectivity index is 1.91. The van der Waals surface area contributed by atoms with Gasteiger partial charge in [0, 0.05) is 19.5 Å². The molecule has 1 aromatic heterocycles. The summed E-state index contributed by atoms with van der Waals surface area (Å²) in [4.78, 5) is 4.77. The molecule has 0 spiro atoms. The smallest absolute Gasteiger partial charge is 0.158 e. The van der Waals surface area contributed by atoms with Crippen molar-refractivity contribution in [2.75, 3.05) is 40.3 Å². The summed E-state index contributed by atoms with van der Waals surface area (Å²) in [6, 6.07) is 0. The minimum Gasteiger partial charge on any atom is -0.388 e. The van der Waals surface area contributed by atoms with Gasteiger partial charge >= 0.3 is 0 Å². The van der Waals surface area contributed by atoms with Crippen molar-refractivity contribution in [1.29, 1.82) is 0 Å². The summed E-state index contributed by atoms with van der Waals surface area (Å²) < 4.78 is 1.95. The Labute approximate surface area is 121 Å². The predicted octanol–water partition coefficient (Wildman–Crippen LogP) is 0.439. The Morgan fingerprint density at radius 3 is 2.80 bits per heavy atom. The van der Waals surface area contributed by atoms with Gasteiger partial charge in [0.25, 0.3) is 0 Å². The molecule has 114 valence electrons. The van der Waals surface area contributed by atoms with Crippen molar-refractivity contribution in [3.63, 3.8) is 0 Å². The molecular weight excluding hydrogens is 254 g/mol. The van der Waals surface area contributed by atoms with Crippen LogP contribution in [0, 0.1) is 0 Å². The van der Waals surface area contributed by atoms with Crippen molar-refractivity contribution in [1.82, 2.24) is 24.6 Å². The van der Waals surface area contributed by atoms with Gasteiger partial charge in [0.2, 0.25) is 0 Å². The molecule has 2 heterocycles. The predicted molar refractivity (Wildman–Crippen MR) is 78.5 cm³/mol. The number of aromatic nitrogens is 3. The van der Waals surface area contributed by atoms with Crippen LogP contribution in [0.5, 0.6) is 0 Å². The lowest BCUT2D eigenvalue weighted by molar-refractivity contribution is 0.193. The van der Waals surface area contributed by atoms with E-state index < -0.39 is 0 Å². The second-order valence-corrected chi connectivity index (χ2v) is 5.99. The van der Waals surface area contributed by atoms with Crippen LogP contribution in [0.25, 0.3) is 0 Å². The topological polar surface area (TPSA) is 57.4 Å². The minimum absolute atomic E-state index is 0.0389. The second kappa shape index (κ2) is 7.15. The van der Waals surface area contributed by atoms with Crippen molar-refractivity contribution in [3.8, 4) is 0 Å². The molecule has 20 heavy (non-hydrogen) atoms. The number of aliphatic hydroxyl groups is 1. The summed E-state index contributed by atoms with van der Waals surface area (Å²) in [6.07, 6.45) is 3.59. The fourth-order valence-corrected chi connectivity index (χ4v) is 2.95. The molecule has 1 fully saturated rings. The summed E-state index contributed by atoms with van der Waals surface area (Å²) in [5, 5.41) is 17.5. The number of aliphatic hydroxyl groups excluding tert-OH is 1. The van der Waals surface area contributed by atoms with E-state index in [1.165, 1.54) is 25.8 Å². The Morgan fingerprint density at radius 2 is 2.15 bits per heavy atom. The average Bonchev–Trinajstić information content (AvgIpc) is 2.80. The van der Waals surface area contributed by atoms with E-state index in [0.29, 0.717) is 11.7 Å². The van der Waals surface area contributed by atoms with Crippen molar-refractivity contribution in [2.24, 2.45) is 7.05 Å². The van der Waals surface area contributed by atoms with Crippen LogP contribution in [0.15, 0.2) is 0 Å². The molecule has 1 saturated heterocycles. The van der Waals surface area contributed by atoms with E-state index in [0.717, 1.165) is 25.5 Å². The summed E-state index contributed by atoms with van der Waals surface area (Å²) >= 11 is 0. The normalized spacial score (nSPS) is 20.8. The molecule has 0 aliphatic carbocycles. The zero-order valence-electron chi connectivity index (χ0n) is 12.9. The molecule has 1 aliphatic heterocycles. The first kappa shape index (κ1) is 15.4. The van der Waals surface area contributed by atoms with Crippen LogP contribution in [0.1, 0.15) is 36.8 Å². The van der Waals surface area contributed by atoms with E-state index in [-0.39, 0.29) is 6.61 Å². The number of hydrogen-bond donors (Lipinski definition) is 1. The van der Waals surface area contributed by atoms with E-state index in [9.17, 15) is 5.11 Å². The molecule has 0 saturated carbocycles. The molecule has 6 heteroatoms. The third-order valence-corrected chi connectivity index (χ3v) is 4.09. The summed E-state index contributed by atoms with van der Waals surface area (Å²) in [5.74, 6) is 2.12. The highest BCUT2D eigenvalue weighted by Crippen LogP contribution is 2.25. The van der Waals surface area contributed by atoms with Crippen molar-refractivity contribution >= 4 is 0 Å². The van der Waals surface area contributed by atoms with Crippen LogP contribution in [0.4, 0.5) is 0 Å². The van der Waals surface area contributed by atoms with Crippen molar-refractivity contribution in [2.45, 2.75) is 31.8 Å². The maximum absolute atomic E-state index is 9.21. The lowest BCUT2D eigenvalue weighted by atomic mass is 9.97. The fraction of sp³-hybridized carbons (Fsp3) is 0.857. The highest BCUT2D eigenvalue weighted by atomic mass is 16.3. The Kier molecular flexibility index (Phi) is 5.51. The van der Waals surface area contributed by atoms with Crippen LogP contribution in [-0.4, -0.2) is 69.9 Å². The van der Waals surface area contributed by atoms with Gasteiger partial charge in [-0.05, 0) is 53.0 Å². The summed E-state index contributed by atoms with van der Waals surface area (Å²) in [5.41, 5.74) is 0. The Bertz CT molecular complexity index is 418. The minimum atomic E-state index is -0.0389. The van der Waals surface area contributed by atoms with Crippen LogP contribution in [0.2, 0.25) is 0 Å². The van der Waals surface area contributed by atoms with Gasteiger partial charge in [-0.3, -0.25) is 0 Å². The van der Waals surface area contributed by atoms with Crippen molar-refractivity contribution in [3.05, 3.63) is 11.6 Å². The van der Waals surface area contributed by atoms with Gasteiger partial charge < -0.3 is 19.5 Å². The van der Waals surface area contributed by atoms with E-state index in [4.69, 9.17) is 0 Å². The lowest BCUT2D eigenvalue weighted by Crippen LogP contribution is -2.36. The highest BCUT2D eigenvalue weighted by Gasteiger charge is 2.25. The highest BCUT2D eigenvalue weighted by molar-refractivity contribution is 5.03. The molecule has 1 aromatic rings. The maximum Gasteiger partial charge on any atom is 0.158 e. The van der Waals surface area contributed by atoms with Gasteiger partial charge in [-0.25, -0.2) is 0 Å².